The molecule has 0 aromatic carbocycles. The predicted octanol–water partition coefficient (Wildman–Crippen LogP) is 0.374. The number of nitrogens with zero attached hydrogens (tertiary/aromatic N) is 1. The summed E-state index contributed by atoms with van der Waals surface area (Å²) in [4.78, 5) is 12.4. The Morgan fingerprint density at radius 2 is 2.11 bits per heavy atom. The Morgan fingerprint density at radius 3 is 2.56 bits per heavy atom. The first-order chi connectivity index (χ1) is 4.34. The summed E-state index contributed by atoms with van der Waals surface area (Å²) in [6.45, 7) is 6.41. The molecule has 0 spiro atoms. The Labute approximate surface area is 54.5 Å². The topological polar surface area (TPSA) is 20.3 Å². The second-order valence-electron chi connectivity index (χ2n) is 1.88. The molecule has 0 unspecified atom stereocenters. The molecular weight excluding hydrogens is 114 g/mol. The summed E-state index contributed by atoms with van der Waals surface area (Å²) < 4.78 is 0. The van der Waals surface area contributed by atoms with Gasteiger partial charge in [-0.1, -0.05) is 18.7 Å². The molecule has 1 radical (unpaired) electrons. The van der Waals surface area contributed by atoms with E-state index in [0.29, 0.717) is 13.1 Å². The smallest absolute Gasteiger partial charge is 0.247 e. The van der Waals surface area contributed by atoms with Gasteiger partial charge in [-0.2, -0.15) is 0 Å². The second-order valence-corrected chi connectivity index (χ2v) is 1.88. The molecule has 1 aliphatic heterocycles. The van der Waals surface area contributed by atoms with Crippen LogP contribution < -0.4 is 0 Å². The lowest BCUT2D eigenvalue weighted by Crippen LogP contribution is -2.25. The molecule has 0 atom stereocenters. The molecule has 0 N–H and O–H groups in total. The van der Waals surface area contributed by atoms with Crippen LogP contribution in [0.15, 0.2) is 18.2 Å². The molecule has 0 bridgehead atoms. The van der Waals surface area contributed by atoms with Crippen LogP contribution in [0, 0.1) is 6.58 Å². The third kappa shape index (κ3) is 1.19. The Kier molecular flexibility index (Phi) is 1.68. The minimum Gasteiger partial charge on any atom is -0.332 e. The Bertz CT molecular complexity index is 152. The lowest BCUT2D eigenvalue weighted by atomic mass is 10.5. The third-order valence-corrected chi connectivity index (χ3v) is 1.27. The average Bonchev–Trinajstić information content (AvgIpc) is 2.37. The van der Waals surface area contributed by atoms with Crippen molar-refractivity contribution in [2.24, 2.45) is 0 Å². The molecular formula is C7H8NO. The van der Waals surface area contributed by atoms with Crippen molar-refractivity contribution in [1.82, 2.24) is 4.90 Å². The minimum absolute atomic E-state index is 0.0972. The second kappa shape index (κ2) is 2.49. The molecule has 47 valence electrons. The molecule has 0 aliphatic carbocycles. The highest BCUT2D eigenvalue weighted by atomic mass is 16.2. The van der Waals surface area contributed by atoms with Crippen LogP contribution in [0.2, 0.25) is 0 Å². The quantitative estimate of drug-likeness (QED) is 0.363. The van der Waals surface area contributed by atoms with E-state index in [9.17, 15) is 4.79 Å². The van der Waals surface area contributed by atoms with Gasteiger partial charge in [0, 0.05) is 19.2 Å². The van der Waals surface area contributed by atoms with Gasteiger partial charge in [-0.05, 0) is 0 Å². The van der Waals surface area contributed by atoms with E-state index in [0.717, 1.165) is 6.08 Å². The summed E-state index contributed by atoms with van der Waals surface area (Å²) >= 11 is 0. The van der Waals surface area contributed by atoms with E-state index in [1.165, 1.54) is 0 Å². The van der Waals surface area contributed by atoms with Gasteiger partial charge in [0.1, 0.15) is 0 Å². The number of hydrogen-bond donors (Lipinski definition) is 0. The molecule has 0 fully saturated rings. The summed E-state index contributed by atoms with van der Waals surface area (Å²) in [5.74, 6) is -0.0972. The van der Waals surface area contributed by atoms with Crippen LogP contribution in [-0.4, -0.2) is 23.9 Å². The maximum atomic E-state index is 10.7. The van der Waals surface area contributed by atoms with Crippen molar-refractivity contribution in [2.45, 2.75) is 0 Å². The number of rotatable bonds is 1. The van der Waals surface area contributed by atoms with Crippen molar-refractivity contribution in [3.63, 3.8) is 0 Å². The van der Waals surface area contributed by atoms with E-state index in [1.54, 1.807) is 4.90 Å². The normalized spacial score (nSPS) is 16.2. The first-order valence-electron chi connectivity index (χ1n) is 2.83. The van der Waals surface area contributed by atoms with Crippen molar-refractivity contribution in [1.29, 1.82) is 0 Å². The highest BCUT2D eigenvalue weighted by Gasteiger charge is 2.08. The molecule has 0 saturated heterocycles. The SMILES string of the molecule is [CH]=CC(=O)N1CC=CC1. The fraction of sp³-hybridized carbons (Fsp3) is 0.286. The summed E-state index contributed by atoms with van der Waals surface area (Å²) in [5, 5.41) is 0. The summed E-state index contributed by atoms with van der Waals surface area (Å²) in [5.41, 5.74) is 0. The molecule has 0 saturated carbocycles. The Morgan fingerprint density at radius 1 is 1.56 bits per heavy atom. The highest BCUT2D eigenvalue weighted by Crippen LogP contribution is 1.98. The van der Waals surface area contributed by atoms with Gasteiger partial charge in [0.2, 0.25) is 5.91 Å². The largest absolute Gasteiger partial charge is 0.332 e. The summed E-state index contributed by atoms with van der Waals surface area (Å²) in [6, 6.07) is 0. The number of carbonyl (C=O) groups is 1. The van der Waals surface area contributed by atoms with E-state index in [2.05, 4.69) is 0 Å². The van der Waals surface area contributed by atoms with E-state index in [-0.39, 0.29) is 5.91 Å². The first kappa shape index (κ1) is 6.08. The number of carbonyl (C=O) groups excluding carboxylic acids is 1. The van der Waals surface area contributed by atoms with Gasteiger partial charge in [0.25, 0.3) is 0 Å². The van der Waals surface area contributed by atoms with Gasteiger partial charge >= 0.3 is 0 Å². The fourth-order valence-corrected chi connectivity index (χ4v) is 0.763. The van der Waals surface area contributed by atoms with Crippen LogP contribution in [0.25, 0.3) is 0 Å². The van der Waals surface area contributed by atoms with Crippen LogP contribution in [0.5, 0.6) is 0 Å². The van der Waals surface area contributed by atoms with Gasteiger partial charge in [0.05, 0.1) is 0 Å². The van der Waals surface area contributed by atoms with Crippen molar-refractivity contribution < 1.29 is 4.79 Å². The van der Waals surface area contributed by atoms with Crippen molar-refractivity contribution in [3.8, 4) is 0 Å². The molecule has 1 rings (SSSR count). The molecule has 2 nitrogen and oxygen atoms in total. The van der Waals surface area contributed by atoms with E-state index in [1.807, 2.05) is 12.2 Å². The number of amides is 1. The van der Waals surface area contributed by atoms with Gasteiger partial charge in [-0.25, -0.2) is 0 Å². The van der Waals surface area contributed by atoms with E-state index >= 15 is 0 Å². The molecule has 9 heavy (non-hydrogen) atoms. The standard InChI is InChI=1S/C7H8NO/c1-2-7(9)8-5-3-4-6-8/h1-4H,5-6H2. The molecule has 0 aromatic heterocycles. The van der Waals surface area contributed by atoms with Gasteiger partial charge in [0.15, 0.2) is 0 Å². The highest BCUT2D eigenvalue weighted by molar-refractivity contribution is 5.87. The minimum atomic E-state index is -0.0972. The predicted molar refractivity (Wildman–Crippen MR) is 34.6 cm³/mol. The van der Waals surface area contributed by atoms with Crippen LogP contribution in [0.3, 0.4) is 0 Å². The molecule has 1 heterocycles. The molecule has 2 heteroatoms. The van der Waals surface area contributed by atoms with Crippen molar-refractivity contribution in [2.75, 3.05) is 13.1 Å². The van der Waals surface area contributed by atoms with Gasteiger partial charge in [-0.3, -0.25) is 4.79 Å². The zero-order chi connectivity index (χ0) is 6.69. The molecule has 1 amide bonds. The van der Waals surface area contributed by atoms with E-state index < -0.39 is 0 Å². The summed E-state index contributed by atoms with van der Waals surface area (Å²) in [7, 11) is 0. The zero-order valence-corrected chi connectivity index (χ0v) is 5.08. The fourth-order valence-electron chi connectivity index (χ4n) is 0.763. The van der Waals surface area contributed by atoms with Crippen molar-refractivity contribution in [3.05, 3.63) is 24.8 Å². The lowest BCUT2D eigenvalue weighted by molar-refractivity contribution is -0.124. The summed E-state index contributed by atoms with van der Waals surface area (Å²) in [6.07, 6.45) is 4.98. The average molecular weight is 122 g/mol. The first-order valence-corrected chi connectivity index (χ1v) is 2.83. The van der Waals surface area contributed by atoms with Crippen LogP contribution >= 0.6 is 0 Å². The van der Waals surface area contributed by atoms with Crippen LogP contribution in [0.4, 0.5) is 0 Å². The van der Waals surface area contributed by atoms with E-state index in [4.69, 9.17) is 6.58 Å². The van der Waals surface area contributed by atoms with Gasteiger partial charge < -0.3 is 4.90 Å². The van der Waals surface area contributed by atoms with Gasteiger partial charge in [-0.15, -0.1) is 0 Å². The maximum Gasteiger partial charge on any atom is 0.247 e. The monoisotopic (exact) mass is 122 g/mol. The maximum absolute atomic E-state index is 10.7. The van der Waals surface area contributed by atoms with Crippen molar-refractivity contribution >= 4 is 5.91 Å². The molecule has 1 aliphatic rings. The van der Waals surface area contributed by atoms with Crippen LogP contribution in [-0.2, 0) is 4.79 Å². The molecule has 0 aromatic rings. The Balaban J connectivity index is 2.45. The Hall–Kier alpha value is -1.05. The zero-order valence-electron chi connectivity index (χ0n) is 5.08. The number of hydrogen-bond acceptors (Lipinski definition) is 1. The van der Waals surface area contributed by atoms with Crippen LogP contribution in [0.1, 0.15) is 0 Å². The lowest BCUT2D eigenvalue weighted by Gasteiger charge is -2.10. The third-order valence-electron chi connectivity index (χ3n) is 1.27.